The van der Waals surface area contributed by atoms with Gasteiger partial charge in [-0.1, -0.05) is 42.5 Å². The number of piperazine rings is 1. The highest BCUT2D eigenvalue weighted by molar-refractivity contribution is 5.90. The highest BCUT2D eigenvalue weighted by Crippen LogP contribution is 2.24. The van der Waals surface area contributed by atoms with Crippen molar-refractivity contribution in [2.75, 3.05) is 45.2 Å². The van der Waals surface area contributed by atoms with Gasteiger partial charge in [0.1, 0.15) is 0 Å². The van der Waals surface area contributed by atoms with Crippen LogP contribution in [0.1, 0.15) is 0 Å². The number of carbonyl (C=O) groups excluding carboxylic acids is 2. The van der Waals surface area contributed by atoms with Gasteiger partial charge in [-0.05, 0) is 23.3 Å². The van der Waals surface area contributed by atoms with Gasteiger partial charge < -0.3 is 24.9 Å². The molecule has 1 aliphatic rings. The topological polar surface area (TPSA) is 84.3 Å². The van der Waals surface area contributed by atoms with Gasteiger partial charge in [0, 0.05) is 46.0 Å². The van der Waals surface area contributed by atoms with Crippen molar-refractivity contribution in [2.24, 2.45) is 0 Å². The van der Waals surface area contributed by atoms with E-state index >= 15 is 0 Å². The Bertz CT molecular complexity index is 831. The predicted octanol–water partition coefficient (Wildman–Crippen LogP) is 0.812. The zero-order valence-corrected chi connectivity index (χ0v) is 16.7. The SMILES string of the molecule is CN(C)C(=O)[C@H](O)[C@@H](O)C(=O)N1CCN(c2ccc(-c3ccccc3)cc2)CC1. The molecule has 7 nitrogen and oxygen atoms in total. The van der Waals surface area contributed by atoms with Crippen LogP contribution < -0.4 is 4.90 Å². The van der Waals surface area contributed by atoms with Crippen molar-refractivity contribution in [2.45, 2.75) is 12.2 Å². The minimum Gasteiger partial charge on any atom is -0.380 e. The Balaban J connectivity index is 1.57. The quantitative estimate of drug-likeness (QED) is 0.780. The van der Waals surface area contributed by atoms with Crippen molar-refractivity contribution in [3.63, 3.8) is 0 Å². The van der Waals surface area contributed by atoms with Gasteiger partial charge in [-0.15, -0.1) is 0 Å². The van der Waals surface area contributed by atoms with Gasteiger partial charge in [-0.3, -0.25) is 9.59 Å². The van der Waals surface area contributed by atoms with Crippen LogP contribution in [0.15, 0.2) is 54.6 Å². The number of anilines is 1. The van der Waals surface area contributed by atoms with E-state index in [0.29, 0.717) is 26.2 Å². The second-order valence-electron chi connectivity index (χ2n) is 7.35. The lowest BCUT2D eigenvalue weighted by Gasteiger charge is -2.37. The number of rotatable bonds is 5. The molecule has 0 aliphatic carbocycles. The summed E-state index contributed by atoms with van der Waals surface area (Å²) in [5.41, 5.74) is 3.38. The fourth-order valence-electron chi connectivity index (χ4n) is 3.40. The summed E-state index contributed by atoms with van der Waals surface area (Å²) in [6.07, 6.45) is -3.50. The third kappa shape index (κ3) is 4.75. The third-order valence-corrected chi connectivity index (χ3v) is 5.18. The van der Waals surface area contributed by atoms with Crippen LogP contribution in [0.3, 0.4) is 0 Å². The molecule has 154 valence electrons. The molecule has 3 rings (SSSR count). The molecule has 1 aliphatic heterocycles. The standard InChI is InChI=1S/C22H27N3O4/c1-23(2)21(28)19(26)20(27)22(29)25-14-12-24(13-15-25)18-10-8-17(9-11-18)16-6-4-3-5-7-16/h3-11,19-20,26-27H,12-15H2,1-2H3/t19-,20-/m1/s1. The van der Waals surface area contributed by atoms with Crippen molar-refractivity contribution >= 4 is 17.5 Å². The molecule has 0 aromatic heterocycles. The molecule has 29 heavy (non-hydrogen) atoms. The summed E-state index contributed by atoms with van der Waals surface area (Å²) in [5.74, 6) is -1.31. The number of hydrogen-bond acceptors (Lipinski definition) is 5. The fourth-order valence-corrected chi connectivity index (χ4v) is 3.40. The maximum Gasteiger partial charge on any atom is 0.254 e. The van der Waals surface area contributed by atoms with E-state index in [1.807, 2.05) is 18.2 Å². The molecule has 1 heterocycles. The van der Waals surface area contributed by atoms with Crippen molar-refractivity contribution in [3.05, 3.63) is 54.6 Å². The van der Waals surface area contributed by atoms with Crippen molar-refractivity contribution in [3.8, 4) is 11.1 Å². The number of carbonyl (C=O) groups is 2. The predicted molar refractivity (Wildman–Crippen MR) is 111 cm³/mol. The summed E-state index contributed by atoms with van der Waals surface area (Å²) < 4.78 is 0. The van der Waals surface area contributed by atoms with Crippen LogP contribution in [0.4, 0.5) is 5.69 Å². The summed E-state index contributed by atoms with van der Waals surface area (Å²) in [6.45, 7) is 2.06. The monoisotopic (exact) mass is 397 g/mol. The average Bonchev–Trinajstić information content (AvgIpc) is 2.77. The highest BCUT2D eigenvalue weighted by Gasteiger charge is 2.35. The van der Waals surface area contributed by atoms with Gasteiger partial charge in [0.05, 0.1) is 0 Å². The molecule has 0 unspecified atom stereocenters. The van der Waals surface area contributed by atoms with Crippen molar-refractivity contribution < 1.29 is 19.8 Å². The Morgan fingerprint density at radius 2 is 1.38 bits per heavy atom. The average molecular weight is 397 g/mol. The van der Waals surface area contributed by atoms with E-state index in [0.717, 1.165) is 21.7 Å². The second kappa shape index (κ2) is 9.07. The first-order valence-corrected chi connectivity index (χ1v) is 9.65. The minimum atomic E-state index is -1.75. The Hall–Kier alpha value is -2.90. The number of aliphatic hydroxyl groups excluding tert-OH is 2. The first-order valence-electron chi connectivity index (χ1n) is 9.65. The summed E-state index contributed by atoms with van der Waals surface area (Å²) in [6, 6.07) is 18.4. The largest absolute Gasteiger partial charge is 0.380 e. The third-order valence-electron chi connectivity index (χ3n) is 5.18. The zero-order chi connectivity index (χ0) is 21.0. The molecule has 2 aromatic rings. The molecule has 7 heteroatoms. The Morgan fingerprint density at radius 3 is 1.93 bits per heavy atom. The highest BCUT2D eigenvalue weighted by atomic mass is 16.3. The number of amides is 2. The number of nitrogens with zero attached hydrogens (tertiary/aromatic N) is 3. The molecular formula is C22H27N3O4. The van der Waals surface area contributed by atoms with E-state index in [-0.39, 0.29) is 0 Å². The van der Waals surface area contributed by atoms with Crippen LogP contribution in [0.25, 0.3) is 11.1 Å². The van der Waals surface area contributed by atoms with Gasteiger partial charge in [0.2, 0.25) is 0 Å². The van der Waals surface area contributed by atoms with Crippen LogP contribution in [0, 0.1) is 0 Å². The first kappa shape index (κ1) is 20.8. The maximum atomic E-state index is 12.4. The molecule has 1 fully saturated rings. The smallest absolute Gasteiger partial charge is 0.254 e. The van der Waals surface area contributed by atoms with Gasteiger partial charge in [-0.25, -0.2) is 0 Å². The minimum absolute atomic E-state index is 0.416. The lowest BCUT2D eigenvalue weighted by atomic mass is 10.1. The van der Waals surface area contributed by atoms with Crippen LogP contribution in [0.2, 0.25) is 0 Å². The molecule has 2 aromatic carbocycles. The number of likely N-dealkylation sites (N-methyl/N-ethyl adjacent to an activating group) is 1. The number of benzene rings is 2. The second-order valence-corrected chi connectivity index (χ2v) is 7.35. The molecular weight excluding hydrogens is 370 g/mol. The zero-order valence-electron chi connectivity index (χ0n) is 16.7. The maximum absolute atomic E-state index is 12.4. The van der Waals surface area contributed by atoms with Crippen LogP contribution in [-0.2, 0) is 9.59 Å². The van der Waals surface area contributed by atoms with Crippen molar-refractivity contribution in [1.29, 1.82) is 0 Å². The molecule has 2 amide bonds. The Labute approximate surface area is 170 Å². The summed E-state index contributed by atoms with van der Waals surface area (Å²) in [5, 5.41) is 20.0. The van der Waals surface area contributed by atoms with Gasteiger partial charge >= 0.3 is 0 Å². The van der Waals surface area contributed by atoms with E-state index in [1.165, 1.54) is 19.0 Å². The van der Waals surface area contributed by atoms with E-state index in [1.54, 1.807) is 0 Å². The molecule has 2 atom stereocenters. The normalized spacial score (nSPS) is 16.3. The number of hydrogen-bond donors (Lipinski definition) is 2. The van der Waals surface area contributed by atoms with Crippen LogP contribution >= 0.6 is 0 Å². The Morgan fingerprint density at radius 1 is 0.828 bits per heavy atom. The van der Waals surface area contributed by atoms with Crippen LogP contribution in [0.5, 0.6) is 0 Å². The molecule has 2 N–H and O–H groups in total. The van der Waals surface area contributed by atoms with E-state index in [2.05, 4.69) is 41.3 Å². The van der Waals surface area contributed by atoms with Crippen LogP contribution in [-0.4, -0.2) is 84.3 Å². The molecule has 0 bridgehead atoms. The summed E-state index contributed by atoms with van der Waals surface area (Å²) >= 11 is 0. The number of aliphatic hydroxyl groups is 2. The molecule has 0 saturated carbocycles. The Kier molecular flexibility index (Phi) is 6.51. The van der Waals surface area contributed by atoms with E-state index in [9.17, 15) is 19.8 Å². The summed E-state index contributed by atoms with van der Waals surface area (Å²) in [7, 11) is 2.93. The van der Waals surface area contributed by atoms with Gasteiger partial charge in [0.25, 0.3) is 11.8 Å². The first-order chi connectivity index (χ1) is 13.9. The van der Waals surface area contributed by atoms with Gasteiger partial charge in [0.15, 0.2) is 12.2 Å². The van der Waals surface area contributed by atoms with Gasteiger partial charge in [-0.2, -0.15) is 0 Å². The van der Waals surface area contributed by atoms with E-state index in [4.69, 9.17) is 0 Å². The molecule has 0 spiro atoms. The lowest BCUT2D eigenvalue weighted by Crippen LogP contribution is -2.55. The molecule has 1 saturated heterocycles. The van der Waals surface area contributed by atoms with Crippen molar-refractivity contribution in [1.82, 2.24) is 9.80 Å². The lowest BCUT2D eigenvalue weighted by molar-refractivity contribution is -0.156. The van der Waals surface area contributed by atoms with E-state index < -0.39 is 24.0 Å². The summed E-state index contributed by atoms with van der Waals surface area (Å²) in [4.78, 5) is 29.0. The fraction of sp³-hybridized carbons (Fsp3) is 0.364. The molecule has 0 radical (unpaired) electrons.